The molecule has 0 unspecified atom stereocenters. The number of carbonyl (C=O) groups is 1. The number of nitrogens with one attached hydrogen (secondary N) is 3. The van der Waals surface area contributed by atoms with Gasteiger partial charge in [-0.15, -0.1) is 0 Å². The van der Waals surface area contributed by atoms with Crippen LogP contribution in [0.3, 0.4) is 0 Å². The van der Waals surface area contributed by atoms with Crippen molar-refractivity contribution in [3.63, 3.8) is 0 Å². The number of hydrogen-bond donors (Lipinski definition) is 3. The molecule has 174 valence electrons. The number of carbonyl (C=O) groups excluding carboxylic acids is 1. The molecular formula is C21H26ClF3N6O. The Hall–Kier alpha value is -2.75. The first kappa shape index (κ1) is 23.9. The summed E-state index contributed by atoms with van der Waals surface area (Å²) in [4.78, 5) is 22.8. The third-order valence-corrected chi connectivity index (χ3v) is 5.70. The molecule has 1 heterocycles. The number of rotatable bonds is 6. The van der Waals surface area contributed by atoms with Crippen molar-refractivity contribution < 1.29 is 18.0 Å². The second-order valence-electron chi connectivity index (χ2n) is 7.99. The number of halogens is 4. The third kappa shape index (κ3) is 6.38. The van der Waals surface area contributed by atoms with Gasteiger partial charge in [-0.3, -0.25) is 0 Å². The second kappa shape index (κ2) is 10.2. The maximum absolute atomic E-state index is 13.2. The number of aromatic nitrogens is 2. The van der Waals surface area contributed by atoms with Crippen molar-refractivity contribution in [1.82, 2.24) is 15.3 Å². The first-order chi connectivity index (χ1) is 15.1. The molecule has 0 spiro atoms. The molecule has 1 aromatic heterocycles. The minimum Gasteiger partial charge on any atom is -0.363 e. The quantitative estimate of drug-likeness (QED) is 0.553. The Balaban J connectivity index is 1.47. The van der Waals surface area contributed by atoms with Crippen LogP contribution in [0, 0.1) is 5.92 Å². The predicted octanol–water partition coefficient (Wildman–Crippen LogP) is 5.01. The molecule has 3 N–H and O–H groups in total. The van der Waals surface area contributed by atoms with Gasteiger partial charge in [0.2, 0.25) is 5.95 Å². The average Bonchev–Trinajstić information content (AvgIpc) is 2.74. The van der Waals surface area contributed by atoms with E-state index in [-0.39, 0.29) is 17.0 Å². The summed E-state index contributed by atoms with van der Waals surface area (Å²) in [7, 11) is 3.83. The summed E-state index contributed by atoms with van der Waals surface area (Å²) in [5, 5.41) is 8.10. The van der Waals surface area contributed by atoms with Gasteiger partial charge in [-0.2, -0.15) is 18.2 Å². The van der Waals surface area contributed by atoms with Crippen molar-refractivity contribution in [2.75, 3.05) is 36.2 Å². The molecule has 2 amide bonds. The fourth-order valence-corrected chi connectivity index (χ4v) is 3.87. The van der Waals surface area contributed by atoms with Crippen LogP contribution in [0.4, 0.5) is 35.4 Å². The molecule has 1 fully saturated rings. The molecule has 0 radical (unpaired) electrons. The Morgan fingerprint density at radius 2 is 1.91 bits per heavy atom. The summed E-state index contributed by atoms with van der Waals surface area (Å²) in [6, 6.07) is 4.74. The first-order valence-electron chi connectivity index (χ1n) is 10.3. The van der Waals surface area contributed by atoms with E-state index in [1.807, 2.05) is 25.1 Å². The van der Waals surface area contributed by atoms with Crippen molar-refractivity contribution in [3.05, 3.63) is 41.0 Å². The zero-order valence-corrected chi connectivity index (χ0v) is 18.6. The maximum atomic E-state index is 13.2. The van der Waals surface area contributed by atoms with Crippen LogP contribution in [-0.2, 0) is 6.18 Å². The number of urea groups is 1. The van der Waals surface area contributed by atoms with Gasteiger partial charge in [0.1, 0.15) is 5.82 Å². The van der Waals surface area contributed by atoms with Crippen LogP contribution in [0.2, 0.25) is 5.02 Å². The van der Waals surface area contributed by atoms with Crippen molar-refractivity contribution in [1.29, 1.82) is 0 Å². The summed E-state index contributed by atoms with van der Waals surface area (Å²) in [5.74, 6) is 1.64. The highest BCUT2D eigenvalue weighted by molar-refractivity contribution is 6.33. The summed E-state index contributed by atoms with van der Waals surface area (Å²) in [6.45, 7) is 0.372. The maximum Gasteiger partial charge on any atom is 0.418 e. The Kier molecular flexibility index (Phi) is 7.65. The highest BCUT2D eigenvalue weighted by Crippen LogP contribution is 2.38. The number of nitrogens with zero attached hydrogens (tertiary/aromatic N) is 3. The number of anilines is 3. The van der Waals surface area contributed by atoms with Gasteiger partial charge >= 0.3 is 12.2 Å². The van der Waals surface area contributed by atoms with E-state index < -0.39 is 23.5 Å². The van der Waals surface area contributed by atoms with Gasteiger partial charge in [0.15, 0.2) is 0 Å². The zero-order chi connectivity index (χ0) is 23.3. The minimum atomic E-state index is -4.62. The monoisotopic (exact) mass is 470 g/mol. The standard InChI is InChI=1S/C21H26ClF3N6O/c1-31(2)17-10-11-26-19(29-17)28-14-8-6-13(7-9-14)12-27-20(32)30-18-15(21(23,24)25)4-3-5-16(18)22/h3-5,10-11,13-14H,6-9,12H2,1-2H3,(H,26,28,29)(H2,27,30,32)/t13-,14+. The van der Waals surface area contributed by atoms with Crippen LogP contribution in [0.1, 0.15) is 31.2 Å². The molecule has 0 atom stereocenters. The van der Waals surface area contributed by atoms with E-state index >= 15 is 0 Å². The van der Waals surface area contributed by atoms with Crippen LogP contribution in [0.15, 0.2) is 30.5 Å². The van der Waals surface area contributed by atoms with Crippen LogP contribution < -0.4 is 20.9 Å². The molecule has 1 aromatic carbocycles. The molecule has 32 heavy (non-hydrogen) atoms. The fraction of sp³-hybridized carbons (Fsp3) is 0.476. The lowest BCUT2D eigenvalue weighted by Crippen LogP contribution is -2.36. The normalized spacial score (nSPS) is 18.7. The van der Waals surface area contributed by atoms with E-state index in [1.54, 1.807) is 6.20 Å². The third-order valence-electron chi connectivity index (χ3n) is 5.39. The van der Waals surface area contributed by atoms with Gasteiger partial charge in [0.25, 0.3) is 0 Å². The largest absolute Gasteiger partial charge is 0.418 e. The van der Waals surface area contributed by atoms with E-state index in [4.69, 9.17) is 11.6 Å². The molecule has 11 heteroatoms. The molecule has 1 aliphatic rings. The van der Waals surface area contributed by atoms with E-state index in [0.29, 0.717) is 12.5 Å². The summed E-state index contributed by atoms with van der Waals surface area (Å²) in [5.41, 5.74) is -1.42. The Morgan fingerprint density at radius 3 is 2.56 bits per heavy atom. The van der Waals surface area contributed by atoms with Crippen molar-refractivity contribution in [2.45, 2.75) is 37.9 Å². The Bertz CT molecular complexity index is 932. The lowest BCUT2D eigenvalue weighted by Gasteiger charge is -2.29. The van der Waals surface area contributed by atoms with E-state index in [2.05, 4.69) is 25.9 Å². The number of hydrogen-bond acceptors (Lipinski definition) is 5. The molecule has 0 aliphatic heterocycles. The highest BCUT2D eigenvalue weighted by Gasteiger charge is 2.35. The first-order valence-corrected chi connectivity index (χ1v) is 10.7. The van der Waals surface area contributed by atoms with Gasteiger partial charge in [0.05, 0.1) is 16.3 Å². The number of para-hydroxylation sites is 1. The lowest BCUT2D eigenvalue weighted by molar-refractivity contribution is -0.136. The number of amides is 2. The van der Waals surface area contributed by atoms with Crippen molar-refractivity contribution >= 4 is 35.1 Å². The lowest BCUT2D eigenvalue weighted by atomic mass is 9.86. The fourth-order valence-electron chi connectivity index (χ4n) is 3.64. The van der Waals surface area contributed by atoms with Gasteiger partial charge in [-0.05, 0) is 49.8 Å². The summed E-state index contributed by atoms with van der Waals surface area (Å²) < 4.78 is 39.5. The molecular weight excluding hydrogens is 445 g/mol. The summed E-state index contributed by atoms with van der Waals surface area (Å²) in [6.07, 6.45) is 0.589. The molecule has 7 nitrogen and oxygen atoms in total. The van der Waals surface area contributed by atoms with Gasteiger partial charge in [-0.25, -0.2) is 9.78 Å². The van der Waals surface area contributed by atoms with Crippen molar-refractivity contribution in [2.24, 2.45) is 5.92 Å². The average molecular weight is 471 g/mol. The Morgan fingerprint density at radius 1 is 1.19 bits per heavy atom. The van der Waals surface area contributed by atoms with E-state index in [9.17, 15) is 18.0 Å². The predicted molar refractivity (Wildman–Crippen MR) is 119 cm³/mol. The van der Waals surface area contributed by atoms with E-state index in [0.717, 1.165) is 37.6 Å². The van der Waals surface area contributed by atoms with Crippen LogP contribution in [0.5, 0.6) is 0 Å². The highest BCUT2D eigenvalue weighted by atomic mass is 35.5. The van der Waals surface area contributed by atoms with Crippen LogP contribution >= 0.6 is 11.6 Å². The van der Waals surface area contributed by atoms with Crippen molar-refractivity contribution in [3.8, 4) is 0 Å². The minimum absolute atomic E-state index is 0.165. The van der Waals surface area contributed by atoms with Gasteiger partial charge < -0.3 is 20.9 Å². The molecule has 1 aliphatic carbocycles. The molecule has 3 rings (SSSR count). The Labute approximate surface area is 189 Å². The van der Waals surface area contributed by atoms with E-state index in [1.165, 1.54) is 12.1 Å². The van der Waals surface area contributed by atoms with Crippen LogP contribution in [-0.4, -0.2) is 42.7 Å². The molecule has 2 aromatic rings. The van der Waals surface area contributed by atoms with Crippen LogP contribution in [0.25, 0.3) is 0 Å². The topological polar surface area (TPSA) is 82.2 Å². The zero-order valence-electron chi connectivity index (χ0n) is 17.8. The number of alkyl halides is 3. The SMILES string of the molecule is CN(C)c1ccnc(N[C@H]2CC[C@@H](CNC(=O)Nc3c(Cl)cccc3C(F)(F)F)CC2)n1. The summed E-state index contributed by atoms with van der Waals surface area (Å²) >= 11 is 5.88. The molecule has 1 saturated carbocycles. The van der Waals surface area contributed by atoms with Gasteiger partial charge in [0, 0.05) is 32.9 Å². The molecule has 0 saturated heterocycles. The molecule has 0 bridgehead atoms. The smallest absolute Gasteiger partial charge is 0.363 e. The van der Waals surface area contributed by atoms with Gasteiger partial charge in [-0.1, -0.05) is 17.7 Å². The second-order valence-corrected chi connectivity index (χ2v) is 8.40. The number of benzene rings is 1.